The minimum atomic E-state index is 0.389. The molecule has 1 saturated carbocycles. The molecule has 2 aliphatic heterocycles. The highest BCUT2D eigenvalue weighted by atomic mass is 15.3. The number of hydrogen-bond donors (Lipinski definition) is 1. The molecule has 2 heterocycles. The van der Waals surface area contributed by atoms with E-state index in [9.17, 15) is 0 Å². The average molecular weight is 251 g/mol. The largest absolute Gasteiger partial charge is 0.327 e. The first-order chi connectivity index (χ1) is 8.67. The molecule has 3 unspecified atom stereocenters. The van der Waals surface area contributed by atoms with Gasteiger partial charge in [-0.25, -0.2) is 0 Å². The van der Waals surface area contributed by atoms with E-state index >= 15 is 0 Å². The number of likely N-dealkylation sites (tertiary alicyclic amines) is 2. The normalized spacial score (nSPS) is 43.0. The van der Waals surface area contributed by atoms with Gasteiger partial charge >= 0.3 is 0 Å². The van der Waals surface area contributed by atoms with Gasteiger partial charge in [0.2, 0.25) is 0 Å². The van der Waals surface area contributed by atoms with Crippen LogP contribution in [0.5, 0.6) is 0 Å². The molecule has 0 aromatic rings. The summed E-state index contributed by atoms with van der Waals surface area (Å²) in [5, 5.41) is 0. The topological polar surface area (TPSA) is 32.5 Å². The predicted molar refractivity (Wildman–Crippen MR) is 75.6 cm³/mol. The first-order valence-electron chi connectivity index (χ1n) is 7.89. The first-order valence-corrected chi connectivity index (χ1v) is 7.89. The van der Waals surface area contributed by atoms with Crippen molar-refractivity contribution < 1.29 is 0 Å². The minimum absolute atomic E-state index is 0.389. The van der Waals surface area contributed by atoms with E-state index in [-0.39, 0.29) is 0 Å². The molecule has 2 N–H and O–H groups in total. The monoisotopic (exact) mass is 251 g/mol. The van der Waals surface area contributed by atoms with Gasteiger partial charge in [0.25, 0.3) is 0 Å². The molecule has 0 radical (unpaired) electrons. The molecule has 0 amide bonds. The third-order valence-corrected chi connectivity index (χ3v) is 5.65. The fourth-order valence-corrected chi connectivity index (χ4v) is 4.33. The Kier molecular flexibility index (Phi) is 3.65. The Morgan fingerprint density at radius 2 is 1.89 bits per heavy atom. The lowest BCUT2D eigenvalue weighted by Crippen LogP contribution is -2.44. The molecule has 3 nitrogen and oxygen atoms in total. The van der Waals surface area contributed by atoms with Crippen molar-refractivity contribution in [3.63, 3.8) is 0 Å². The van der Waals surface area contributed by atoms with Crippen molar-refractivity contribution in [3.05, 3.63) is 0 Å². The van der Waals surface area contributed by atoms with Gasteiger partial charge in [0.15, 0.2) is 0 Å². The van der Waals surface area contributed by atoms with Gasteiger partial charge in [0.1, 0.15) is 0 Å². The fraction of sp³-hybridized carbons (Fsp3) is 1.00. The predicted octanol–water partition coefficient (Wildman–Crippen LogP) is 1.67. The molecule has 3 atom stereocenters. The SMILES string of the molecule is CC1(CN2CCC(N3CCCC3)C2)CCCC1N. The Bertz CT molecular complexity index is 287. The van der Waals surface area contributed by atoms with Gasteiger partial charge in [-0.15, -0.1) is 0 Å². The summed E-state index contributed by atoms with van der Waals surface area (Å²) < 4.78 is 0. The summed E-state index contributed by atoms with van der Waals surface area (Å²) in [6, 6.07) is 1.28. The van der Waals surface area contributed by atoms with Crippen molar-refractivity contribution >= 4 is 0 Å². The summed E-state index contributed by atoms with van der Waals surface area (Å²) in [6.45, 7) is 8.92. The van der Waals surface area contributed by atoms with Crippen LogP contribution in [0.3, 0.4) is 0 Å². The van der Waals surface area contributed by atoms with E-state index in [1.54, 1.807) is 0 Å². The van der Waals surface area contributed by atoms with Crippen LogP contribution in [0.25, 0.3) is 0 Å². The molecule has 104 valence electrons. The molecule has 2 saturated heterocycles. The zero-order valence-electron chi connectivity index (χ0n) is 11.9. The average Bonchev–Trinajstić information content (AvgIpc) is 3.02. The summed E-state index contributed by atoms with van der Waals surface area (Å²) in [5.74, 6) is 0. The van der Waals surface area contributed by atoms with Crippen molar-refractivity contribution in [1.29, 1.82) is 0 Å². The second-order valence-electron chi connectivity index (χ2n) is 7.07. The van der Waals surface area contributed by atoms with E-state index in [0.717, 1.165) is 6.04 Å². The molecule has 3 rings (SSSR count). The van der Waals surface area contributed by atoms with E-state index in [4.69, 9.17) is 5.73 Å². The molecule has 3 aliphatic rings. The maximum absolute atomic E-state index is 6.31. The summed E-state index contributed by atoms with van der Waals surface area (Å²) >= 11 is 0. The minimum Gasteiger partial charge on any atom is -0.327 e. The highest BCUT2D eigenvalue weighted by Crippen LogP contribution is 2.38. The van der Waals surface area contributed by atoms with Crippen LogP contribution >= 0.6 is 0 Å². The Morgan fingerprint density at radius 1 is 1.11 bits per heavy atom. The quantitative estimate of drug-likeness (QED) is 0.828. The summed E-state index contributed by atoms with van der Waals surface area (Å²) in [5.41, 5.74) is 6.70. The fourth-order valence-electron chi connectivity index (χ4n) is 4.33. The van der Waals surface area contributed by atoms with Gasteiger partial charge < -0.3 is 10.6 Å². The number of rotatable bonds is 3. The maximum atomic E-state index is 6.31. The number of nitrogens with zero attached hydrogens (tertiary/aromatic N) is 2. The number of hydrogen-bond acceptors (Lipinski definition) is 3. The van der Waals surface area contributed by atoms with Gasteiger partial charge in [0, 0.05) is 25.2 Å². The van der Waals surface area contributed by atoms with Gasteiger partial charge in [-0.1, -0.05) is 13.3 Å². The Labute approximate surface area is 112 Å². The molecule has 0 bridgehead atoms. The second-order valence-corrected chi connectivity index (χ2v) is 7.07. The Balaban J connectivity index is 1.52. The van der Waals surface area contributed by atoms with Gasteiger partial charge in [-0.2, -0.15) is 0 Å². The van der Waals surface area contributed by atoms with E-state index in [1.807, 2.05) is 0 Å². The van der Waals surface area contributed by atoms with Crippen LogP contribution in [0.15, 0.2) is 0 Å². The zero-order chi connectivity index (χ0) is 12.6. The van der Waals surface area contributed by atoms with Crippen LogP contribution in [-0.2, 0) is 0 Å². The van der Waals surface area contributed by atoms with E-state index in [1.165, 1.54) is 71.2 Å². The standard InChI is InChI=1S/C15H29N3/c1-15(7-4-5-14(15)16)12-17-10-6-13(11-17)18-8-2-3-9-18/h13-14H,2-12,16H2,1H3. The molecule has 0 aromatic heterocycles. The second kappa shape index (κ2) is 5.10. The van der Waals surface area contributed by atoms with Crippen LogP contribution in [0.4, 0.5) is 0 Å². The Hall–Kier alpha value is -0.120. The van der Waals surface area contributed by atoms with Crippen LogP contribution in [0.2, 0.25) is 0 Å². The molecule has 18 heavy (non-hydrogen) atoms. The lowest BCUT2D eigenvalue weighted by atomic mass is 9.84. The van der Waals surface area contributed by atoms with Crippen molar-refractivity contribution in [2.45, 2.75) is 57.5 Å². The number of nitrogens with two attached hydrogens (primary N) is 1. The zero-order valence-corrected chi connectivity index (χ0v) is 11.9. The summed E-state index contributed by atoms with van der Waals surface area (Å²) in [6.07, 6.45) is 8.11. The lowest BCUT2D eigenvalue weighted by molar-refractivity contribution is 0.162. The van der Waals surface area contributed by atoms with Gasteiger partial charge in [-0.3, -0.25) is 4.90 Å². The smallest absolute Gasteiger partial charge is 0.0235 e. The Morgan fingerprint density at radius 3 is 2.56 bits per heavy atom. The maximum Gasteiger partial charge on any atom is 0.0235 e. The summed E-state index contributed by atoms with van der Waals surface area (Å²) in [7, 11) is 0. The molecule has 0 aromatic carbocycles. The first kappa shape index (κ1) is 12.9. The molecule has 1 aliphatic carbocycles. The molecule has 3 heteroatoms. The van der Waals surface area contributed by atoms with Crippen molar-refractivity contribution in [1.82, 2.24) is 9.80 Å². The van der Waals surface area contributed by atoms with Crippen LogP contribution in [0.1, 0.15) is 45.4 Å². The van der Waals surface area contributed by atoms with Crippen LogP contribution in [-0.4, -0.2) is 54.6 Å². The molecule has 3 fully saturated rings. The van der Waals surface area contributed by atoms with Gasteiger partial charge in [0.05, 0.1) is 0 Å². The molecular weight excluding hydrogens is 222 g/mol. The highest BCUT2D eigenvalue weighted by Gasteiger charge is 2.39. The molecule has 0 spiro atoms. The van der Waals surface area contributed by atoms with Crippen molar-refractivity contribution in [2.24, 2.45) is 11.1 Å². The van der Waals surface area contributed by atoms with Crippen molar-refractivity contribution in [2.75, 3.05) is 32.7 Å². The van der Waals surface area contributed by atoms with E-state index in [0.29, 0.717) is 11.5 Å². The summed E-state index contributed by atoms with van der Waals surface area (Å²) in [4.78, 5) is 5.41. The third-order valence-electron chi connectivity index (χ3n) is 5.65. The molecular formula is C15H29N3. The van der Waals surface area contributed by atoms with E-state index < -0.39 is 0 Å². The lowest BCUT2D eigenvalue weighted by Gasteiger charge is -2.34. The van der Waals surface area contributed by atoms with Crippen LogP contribution in [0, 0.1) is 5.41 Å². The van der Waals surface area contributed by atoms with Crippen LogP contribution < -0.4 is 5.73 Å². The van der Waals surface area contributed by atoms with Gasteiger partial charge in [-0.05, 0) is 57.2 Å². The third kappa shape index (κ3) is 2.45. The highest BCUT2D eigenvalue weighted by molar-refractivity contribution is 4.96. The van der Waals surface area contributed by atoms with E-state index in [2.05, 4.69) is 16.7 Å². The van der Waals surface area contributed by atoms with Crippen molar-refractivity contribution in [3.8, 4) is 0 Å².